The number of carbonyl (C=O) groups excluding carboxylic acids is 1. The summed E-state index contributed by atoms with van der Waals surface area (Å²) in [6.45, 7) is 2.32. The third-order valence-corrected chi connectivity index (χ3v) is 4.02. The first kappa shape index (κ1) is 27.3. The Balaban J connectivity index is 5.97. The Hall–Kier alpha value is -1.70. The molecule has 29 heavy (non-hydrogen) atoms. The highest BCUT2D eigenvalue weighted by Crippen LogP contribution is 2.61. The van der Waals surface area contributed by atoms with Crippen LogP contribution in [0, 0.1) is 5.92 Å². The fraction of sp³-hybridized carbons (Fsp3) is 0.786. The minimum Gasteiger partial charge on any atom is -0.342 e. The van der Waals surface area contributed by atoms with Crippen molar-refractivity contribution in [2.45, 2.75) is 49.1 Å². The first-order chi connectivity index (χ1) is 12.5. The molecule has 0 fully saturated rings. The van der Waals surface area contributed by atoms with Crippen LogP contribution >= 0.6 is 0 Å². The smallest absolute Gasteiger partial charge is 0.342 e. The van der Waals surface area contributed by atoms with Gasteiger partial charge in [-0.1, -0.05) is 13.5 Å². The number of rotatable bonds is 9. The van der Waals surface area contributed by atoms with Gasteiger partial charge in [0, 0.05) is 19.5 Å². The summed E-state index contributed by atoms with van der Waals surface area (Å²) < 4.78 is 169. The largest absolute Gasteiger partial charge is 0.460 e. The van der Waals surface area contributed by atoms with Crippen LogP contribution in [0.4, 0.5) is 57.1 Å². The molecule has 15 heteroatoms. The first-order valence-electron chi connectivity index (χ1n) is 7.37. The Bertz CT molecular complexity index is 611. The quantitative estimate of drug-likeness (QED) is 0.334. The lowest BCUT2D eigenvalue weighted by Gasteiger charge is -2.41. The molecule has 0 bridgehead atoms. The highest BCUT2D eigenvalue weighted by Gasteiger charge is 2.90. The van der Waals surface area contributed by atoms with Crippen molar-refractivity contribution in [3.63, 3.8) is 0 Å². The second kappa shape index (κ2) is 7.85. The highest BCUT2D eigenvalue weighted by atomic mass is 19.4. The van der Waals surface area contributed by atoms with Crippen LogP contribution in [0.3, 0.4) is 0 Å². The molecule has 1 amide bonds. The van der Waals surface area contributed by atoms with Crippen molar-refractivity contribution in [1.82, 2.24) is 4.90 Å². The van der Waals surface area contributed by atoms with Gasteiger partial charge in [-0.05, 0) is 12.5 Å². The van der Waals surface area contributed by atoms with Gasteiger partial charge in [0.2, 0.25) is 5.91 Å². The van der Waals surface area contributed by atoms with Crippen LogP contribution in [0.1, 0.15) is 13.3 Å². The van der Waals surface area contributed by atoms with Crippen molar-refractivity contribution in [1.29, 1.82) is 0 Å². The normalized spacial score (nSPS) is 15.8. The summed E-state index contributed by atoms with van der Waals surface area (Å²) >= 11 is 0. The predicted molar refractivity (Wildman–Crippen MR) is 72.4 cm³/mol. The van der Waals surface area contributed by atoms with E-state index in [4.69, 9.17) is 0 Å². The minimum absolute atomic E-state index is 0.135. The maximum atomic E-state index is 13.8. The van der Waals surface area contributed by atoms with Gasteiger partial charge in [0.15, 0.2) is 0 Å². The molecule has 0 rings (SSSR count). The number of nitrogens with zero attached hydrogens (tertiary/aromatic N) is 1. The van der Waals surface area contributed by atoms with Crippen LogP contribution in [0.5, 0.6) is 0 Å². The van der Waals surface area contributed by atoms with Gasteiger partial charge < -0.3 is 4.90 Å². The molecule has 172 valence electrons. The maximum absolute atomic E-state index is 13.8. The maximum Gasteiger partial charge on any atom is 0.460 e. The summed E-state index contributed by atoms with van der Waals surface area (Å²) in [6, 6.07) is 0. The van der Waals surface area contributed by atoms with Gasteiger partial charge in [0.05, 0.1) is 0 Å². The molecule has 0 aromatic heterocycles. The minimum atomic E-state index is -7.92. The standard InChI is InChI=1S/C14H14F13NO/c1-4-8(29)28(3)6-5-7(2)9(15,16)10(17,18)11(19,20)12(21,22)13(23,24)14(25,26)27/h4,7H,1,5-6H2,2-3H3. The van der Waals surface area contributed by atoms with Gasteiger partial charge in [-0.15, -0.1) is 0 Å². The zero-order valence-electron chi connectivity index (χ0n) is 14.5. The van der Waals surface area contributed by atoms with Gasteiger partial charge >= 0.3 is 35.8 Å². The Labute approximate surface area is 155 Å². The van der Waals surface area contributed by atoms with Gasteiger partial charge in [-0.3, -0.25) is 4.79 Å². The van der Waals surface area contributed by atoms with E-state index >= 15 is 0 Å². The monoisotopic (exact) mass is 459 g/mol. The van der Waals surface area contributed by atoms with Crippen molar-refractivity contribution in [3.05, 3.63) is 12.7 Å². The Morgan fingerprint density at radius 2 is 1.21 bits per heavy atom. The van der Waals surface area contributed by atoms with E-state index in [0.29, 0.717) is 11.0 Å². The third-order valence-electron chi connectivity index (χ3n) is 4.02. The van der Waals surface area contributed by atoms with E-state index in [9.17, 15) is 61.9 Å². The lowest BCUT2D eigenvalue weighted by molar-refractivity contribution is -0.442. The van der Waals surface area contributed by atoms with Crippen molar-refractivity contribution >= 4 is 5.91 Å². The molecule has 0 aromatic rings. The molecule has 1 unspecified atom stereocenters. The molecular weight excluding hydrogens is 445 g/mol. The second-order valence-corrected chi connectivity index (χ2v) is 6.07. The van der Waals surface area contributed by atoms with Gasteiger partial charge in [0.25, 0.3) is 0 Å². The van der Waals surface area contributed by atoms with E-state index < -0.39 is 60.6 Å². The molecule has 2 nitrogen and oxygen atoms in total. The lowest BCUT2D eigenvalue weighted by Crippen LogP contribution is -2.70. The van der Waals surface area contributed by atoms with Crippen LogP contribution in [0.15, 0.2) is 12.7 Å². The predicted octanol–water partition coefficient (Wildman–Crippen LogP) is 5.40. The van der Waals surface area contributed by atoms with Crippen LogP contribution in [0.25, 0.3) is 0 Å². The number of carbonyl (C=O) groups is 1. The molecule has 0 radical (unpaired) electrons. The zero-order valence-corrected chi connectivity index (χ0v) is 14.5. The van der Waals surface area contributed by atoms with E-state index in [0.717, 1.165) is 7.05 Å². The molecule has 0 N–H and O–H groups in total. The van der Waals surface area contributed by atoms with Gasteiger partial charge in [0.1, 0.15) is 0 Å². The van der Waals surface area contributed by atoms with E-state index in [1.54, 1.807) is 0 Å². The van der Waals surface area contributed by atoms with Crippen LogP contribution < -0.4 is 0 Å². The molecule has 0 spiro atoms. The summed E-state index contributed by atoms with van der Waals surface area (Å²) in [5.74, 6) is -40.8. The highest BCUT2D eigenvalue weighted by molar-refractivity contribution is 5.86. The number of hydrogen-bond acceptors (Lipinski definition) is 1. The first-order valence-corrected chi connectivity index (χ1v) is 7.37. The molecule has 0 saturated carbocycles. The third kappa shape index (κ3) is 4.27. The SMILES string of the molecule is C=CC(=O)N(C)CCC(C)C(F)(F)C(F)(F)C(F)(F)C(F)(F)C(F)(F)C(F)(F)F. The Kier molecular flexibility index (Phi) is 7.39. The molecule has 0 aliphatic rings. The van der Waals surface area contributed by atoms with Gasteiger partial charge in [-0.2, -0.15) is 57.1 Å². The van der Waals surface area contributed by atoms with Crippen molar-refractivity contribution in [2.24, 2.45) is 5.92 Å². The number of likely N-dealkylation sites (N-methyl/N-ethyl adjacent to an activating group) is 1. The summed E-state index contributed by atoms with van der Waals surface area (Å²) in [4.78, 5) is 11.7. The number of alkyl halides is 13. The van der Waals surface area contributed by atoms with E-state index in [1.807, 2.05) is 0 Å². The van der Waals surface area contributed by atoms with Crippen LogP contribution in [0.2, 0.25) is 0 Å². The van der Waals surface area contributed by atoms with Crippen molar-refractivity contribution in [3.8, 4) is 0 Å². The lowest BCUT2D eigenvalue weighted by atomic mass is 9.86. The summed E-state index contributed by atoms with van der Waals surface area (Å²) in [6.07, 6.45) is -8.01. The number of amides is 1. The van der Waals surface area contributed by atoms with E-state index in [-0.39, 0.29) is 6.92 Å². The average Bonchev–Trinajstić information content (AvgIpc) is 2.56. The summed E-state index contributed by atoms with van der Waals surface area (Å²) in [7, 11) is 0.944. The van der Waals surface area contributed by atoms with Gasteiger partial charge in [-0.25, -0.2) is 0 Å². The number of halogens is 13. The molecule has 0 aromatic carbocycles. The van der Waals surface area contributed by atoms with Crippen LogP contribution in [-0.2, 0) is 4.79 Å². The fourth-order valence-corrected chi connectivity index (χ4v) is 1.93. The van der Waals surface area contributed by atoms with Crippen LogP contribution in [-0.4, -0.2) is 60.2 Å². The molecule has 0 saturated heterocycles. The molecule has 0 aliphatic heterocycles. The molecule has 0 aliphatic carbocycles. The molecule has 0 heterocycles. The fourth-order valence-electron chi connectivity index (χ4n) is 1.93. The zero-order chi connectivity index (χ0) is 23.9. The Morgan fingerprint density at radius 3 is 1.55 bits per heavy atom. The molecular formula is C14H14F13NO. The molecule has 1 atom stereocenters. The van der Waals surface area contributed by atoms with Crippen molar-refractivity contribution in [2.75, 3.05) is 13.6 Å². The second-order valence-electron chi connectivity index (χ2n) is 6.07. The Morgan fingerprint density at radius 1 is 0.828 bits per heavy atom. The summed E-state index contributed by atoms with van der Waals surface area (Å²) in [5.41, 5.74) is 0. The topological polar surface area (TPSA) is 20.3 Å². The van der Waals surface area contributed by atoms with Crippen molar-refractivity contribution < 1.29 is 61.9 Å². The van der Waals surface area contributed by atoms with E-state index in [1.165, 1.54) is 0 Å². The number of hydrogen-bond donors (Lipinski definition) is 0. The summed E-state index contributed by atoms with van der Waals surface area (Å²) in [5, 5.41) is 0. The van der Waals surface area contributed by atoms with E-state index in [2.05, 4.69) is 6.58 Å². The average molecular weight is 459 g/mol.